The van der Waals surface area contributed by atoms with Crippen LogP contribution in [0, 0.1) is 5.92 Å². The summed E-state index contributed by atoms with van der Waals surface area (Å²) in [6.07, 6.45) is 2.76. The fourth-order valence-corrected chi connectivity index (χ4v) is 2.52. The van der Waals surface area contributed by atoms with E-state index in [1.54, 1.807) is 0 Å². The summed E-state index contributed by atoms with van der Waals surface area (Å²) in [6.45, 7) is 3.19. The van der Waals surface area contributed by atoms with E-state index >= 15 is 0 Å². The lowest BCUT2D eigenvalue weighted by atomic mass is 10.0. The molecular formula is C12H17N3O2. The van der Waals surface area contributed by atoms with Gasteiger partial charge in [0.2, 0.25) is 0 Å². The second-order valence-electron chi connectivity index (χ2n) is 4.80. The molecule has 1 fully saturated rings. The van der Waals surface area contributed by atoms with Crippen molar-refractivity contribution in [2.75, 3.05) is 19.8 Å². The SMILES string of the molecule is O=c1[nH]c(CC2CCOC2)nc2c1CNCC2. The molecule has 0 aromatic carbocycles. The maximum atomic E-state index is 11.9. The van der Waals surface area contributed by atoms with E-state index in [0.717, 1.165) is 56.1 Å². The first-order valence-corrected chi connectivity index (χ1v) is 6.22. The van der Waals surface area contributed by atoms with Gasteiger partial charge in [0, 0.05) is 39.1 Å². The summed E-state index contributed by atoms with van der Waals surface area (Å²) in [6, 6.07) is 0. The first-order valence-electron chi connectivity index (χ1n) is 6.22. The molecule has 1 atom stereocenters. The number of aromatic amines is 1. The van der Waals surface area contributed by atoms with Crippen LogP contribution in [0.25, 0.3) is 0 Å². The summed E-state index contributed by atoms with van der Waals surface area (Å²) in [5.41, 5.74) is 1.81. The van der Waals surface area contributed by atoms with Gasteiger partial charge in [-0.05, 0) is 12.3 Å². The van der Waals surface area contributed by atoms with Crippen molar-refractivity contribution in [2.45, 2.75) is 25.8 Å². The molecule has 1 aromatic rings. The van der Waals surface area contributed by atoms with E-state index in [-0.39, 0.29) is 5.56 Å². The molecule has 2 N–H and O–H groups in total. The monoisotopic (exact) mass is 235 g/mol. The highest BCUT2D eigenvalue weighted by Gasteiger charge is 2.20. The number of hydrogen-bond donors (Lipinski definition) is 2. The highest BCUT2D eigenvalue weighted by atomic mass is 16.5. The predicted octanol–water partition coefficient (Wildman–Crippen LogP) is -0.00540. The minimum Gasteiger partial charge on any atom is -0.381 e. The van der Waals surface area contributed by atoms with Crippen LogP contribution in [0.15, 0.2) is 4.79 Å². The largest absolute Gasteiger partial charge is 0.381 e. The van der Waals surface area contributed by atoms with Gasteiger partial charge in [-0.25, -0.2) is 4.98 Å². The Bertz CT molecular complexity index is 463. The summed E-state index contributed by atoms with van der Waals surface area (Å²) in [7, 11) is 0. The van der Waals surface area contributed by atoms with Crippen molar-refractivity contribution in [1.29, 1.82) is 0 Å². The van der Waals surface area contributed by atoms with Crippen LogP contribution in [0.4, 0.5) is 0 Å². The van der Waals surface area contributed by atoms with Gasteiger partial charge < -0.3 is 15.0 Å². The van der Waals surface area contributed by atoms with Gasteiger partial charge in [0.1, 0.15) is 5.82 Å². The molecule has 0 saturated carbocycles. The van der Waals surface area contributed by atoms with Gasteiger partial charge in [-0.1, -0.05) is 0 Å². The average Bonchev–Trinajstić information content (AvgIpc) is 2.82. The van der Waals surface area contributed by atoms with Crippen LogP contribution in [0.5, 0.6) is 0 Å². The smallest absolute Gasteiger partial charge is 0.255 e. The van der Waals surface area contributed by atoms with Crippen molar-refractivity contribution < 1.29 is 4.74 Å². The number of H-pyrrole nitrogens is 1. The van der Waals surface area contributed by atoms with E-state index in [0.29, 0.717) is 12.5 Å². The van der Waals surface area contributed by atoms with Crippen LogP contribution in [0.2, 0.25) is 0 Å². The summed E-state index contributed by atoms with van der Waals surface area (Å²) in [5.74, 6) is 1.34. The number of rotatable bonds is 2. The Morgan fingerprint density at radius 2 is 2.41 bits per heavy atom. The third-order valence-corrected chi connectivity index (χ3v) is 3.50. The fraction of sp³-hybridized carbons (Fsp3) is 0.667. The molecule has 2 aliphatic heterocycles. The number of nitrogens with one attached hydrogen (secondary N) is 2. The van der Waals surface area contributed by atoms with Gasteiger partial charge >= 0.3 is 0 Å². The van der Waals surface area contributed by atoms with Crippen molar-refractivity contribution in [3.05, 3.63) is 27.4 Å². The van der Waals surface area contributed by atoms with Crippen LogP contribution in [-0.2, 0) is 24.1 Å². The van der Waals surface area contributed by atoms with E-state index in [9.17, 15) is 4.79 Å². The van der Waals surface area contributed by atoms with E-state index in [1.165, 1.54) is 0 Å². The van der Waals surface area contributed by atoms with Crippen LogP contribution in [0.1, 0.15) is 23.5 Å². The number of aromatic nitrogens is 2. The molecule has 1 saturated heterocycles. The van der Waals surface area contributed by atoms with E-state index in [2.05, 4.69) is 15.3 Å². The lowest BCUT2D eigenvalue weighted by molar-refractivity contribution is 0.185. The van der Waals surface area contributed by atoms with Crippen molar-refractivity contribution in [2.24, 2.45) is 5.92 Å². The Hall–Kier alpha value is -1.20. The van der Waals surface area contributed by atoms with Crippen molar-refractivity contribution in [3.8, 4) is 0 Å². The van der Waals surface area contributed by atoms with Gasteiger partial charge in [-0.3, -0.25) is 4.79 Å². The second-order valence-corrected chi connectivity index (χ2v) is 4.80. The summed E-state index contributed by atoms with van der Waals surface area (Å²) >= 11 is 0. The zero-order valence-corrected chi connectivity index (χ0v) is 9.79. The minimum atomic E-state index is 0.0242. The Kier molecular flexibility index (Phi) is 2.94. The molecule has 3 heterocycles. The molecule has 2 aliphatic rings. The Labute approximate surface area is 99.6 Å². The number of nitrogens with zero attached hydrogens (tertiary/aromatic N) is 1. The van der Waals surface area contributed by atoms with Crippen LogP contribution >= 0.6 is 0 Å². The molecule has 17 heavy (non-hydrogen) atoms. The zero-order chi connectivity index (χ0) is 11.7. The van der Waals surface area contributed by atoms with Gasteiger partial charge in [-0.2, -0.15) is 0 Å². The summed E-state index contributed by atoms with van der Waals surface area (Å²) in [4.78, 5) is 19.4. The number of fused-ring (bicyclic) bond motifs is 1. The van der Waals surface area contributed by atoms with E-state index < -0.39 is 0 Å². The van der Waals surface area contributed by atoms with Gasteiger partial charge in [-0.15, -0.1) is 0 Å². The zero-order valence-electron chi connectivity index (χ0n) is 9.79. The fourth-order valence-electron chi connectivity index (χ4n) is 2.52. The molecule has 0 amide bonds. The standard InChI is InChI=1S/C12H17N3O2/c16-12-9-6-13-3-1-10(9)14-11(15-12)5-8-2-4-17-7-8/h8,13H,1-7H2,(H,14,15,16). The molecule has 1 unspecified atom stereocenters. The van der Waals surface area contributed by atoms with Crippen LogP contribution < -0.4 is 10.9 Å². The van der Waals surface area contributed by atoms with Crippen molar-refractivity contribution >= 4 is 0 Å². The Morgan fingerprint density at radius 3 is 3.24 bits per heavy atom. The van der Waals surface area contributed by atoms with Crippen LogP contribution in [-0.4, -0.2) is 29.7 Å². The van der Waals surface area contributed by atoms with E-state index in [1.807, 2.05) is 0 Å². The molecule has 1 aromatic heterocycles. The second kappa shape index (κ2) is 4.58. The summed E-state index contributed by atoms with van der Waals surface area (Å²) < 4.78 is 5.34. The highest BCUT2D eigenvalue weighted by Crippen LogP contribution is 2.16. The predicted molar refractivity (Wildman–Crippen MR) is 62.9 cm³/mol. The highest BCUT2D eigenvalue weighted by molar-refractivity contribution is 5.20. The Balaban J connectivity index is 1.85. The molecule has 0 radical (unpaired) electrons. The third-order valence-electron chi connectivity index (χ3n) is 3.50. The van der Waals surface area contributed by atoms with Gasteiger partial charge in [0.05, 0.1) is 11.3 Å². The minimum absolute atomic E-state index is 0.0242. The molecule has 0 spiro atoms. The third kappa shape index (κ3) is 2.25. The first-order chi connectivity index (χ1) is 8.33. The van der Waals surface area contributed by atoms with Gasteiger partial charge in [0.25, 0.3) is 5.56 Å². The lowest BCUT2D eigenvalue weighted by Gasteiger charge is -2.16. The van der Waals surface area contributed by atoms with Gasteiger partial charge in [0.15, 0.2) is 0 Å². The van der Waals surface area contributed by atoms with E-state index in [4.69, 9.17) is 4.74 Å². The number of hydrogen-bond acceptors (Lipinski definition) is 4. The maximum absolute atomic E-state index is 11.9. The normalized spacial score (nSPS) is 23.6. The average molecular weight is 235 g/mol. The molecular weight excluding hydrogens is 218 g/mol. The molecule has 0 bridgehead atoms. The molecule has 3 rings (SSSR count). The van der Waals surface area contributed by atoms with Crippen LogP contribution in [0.3, 0.4) is 0 Å². The quantitative estimate of drug-likeness (QED) is 0.757. The first kappa shape index (κ1) is 10.9. The molecule has 0 aliphatic carbocycles. The molecule has 5 heteroatoms. The maximum Gasteiger partial charge on any atom is 0.255 e. The van der Waals surface area contributed by atoms with Crippen molar-refractivity contribution in [3.63, 3.8) is 0 Å². The van der Waals surface area contributed by atoms with Crippen molar-refractivity contribution in [1.82, 2.24) is 15.3 Å². The Morgan fingerprint density at radius 1 is 1.47 bits per heavy atom. The lowest BCUT2D eigenvalue weighted by Crippen LogP contribution is -2.32. The summed E-state index contributed by atoms with van der Waals surface area (Å²) in [5, 5.41) is 3.19. The topological polar surface area (TPSA) is 67.0 Å². The molecule has 92 valence electrons. The number of ether oxygens (including phenoxy) is 1. The molecule has 5 nitrogen and oxygen atoms in total.